The SMILES string of the molecule is COC(=O)c1cccc2c1NCC(C)(C)N2C(C)C. The molecule has 1 heterocycles. The van der Waals surface area contributed by atoms with Crippen LogP contribution in [0.25, 0.3) is 0 Å². The van der Waals surface area contributed by atoms with Gasteiger partial charge in [0.15, 0.2) is 0 Å². The standard InChI is InChI=1S/C15H22N2O2/c1-10(2)17-12-8-6-7-11(14(18)19-5)13(12)16-9-15(17,3)4/h6-8,10,16H,9H2,1-5H3. The van der Waals surface area contributed by atoms with Crippen molar-refractivity contribution >= 4 is 17.3 Å². The Morgan fingerprint density at radius 2 is 2.11 bits per heavy atom. The summed E-state index contributed by atoms with van der Waals surface area (Å²) in [6, 6.07) is 6.12. The lowest BCUT2D eigenvalue weighted by atomic mass is 9.94. The van der Waals surface area contributed by atoms with Gasteiger partial charge >= 0.3 is 5.97 Å². The van der Waals surface area contributed by atoms with Crippen LogP contribution in [0.15, 0.2) is 18.2 Å². The Kier molecular flexibility index (Phi) is 3.43. The van der Waals surface area contributed by atoms with E-state index in [1.54, 1.807) is 6.07 Å². The highest BCUT2D eigenvalue weighted by Gasteiger charge is 2.35. The summed E-state index contributed by atoms with van der Waals surface area (Å²) in [6.45, 7) is 9.54. The number of anilines is 2. The van der Waals surface area contributed by atoms with Crippen molar-refractivity contribution in [3.63, 3.8) is 0 Å². The number of esters is 1. The first-order valence-electron chi connectivity index (χ1n) is 6.63. The number of hydrogen-bond acceptors (Lipinski definition) is 4. The fraction of sp³-hybridized carbons (Fsp3) is 0.533. The molecule has 2 rings (SSSR count). The molecule has 4 heteroatoms. The van der Waals surface area contributed by atoms with Crippen molar-refractivity contribution in [2.45, 2.75) is 39.3 Å². The van der Waals surface area contributed by atoms with Crippen LogP contribution in [-0.4, -0.2) is 31.2 Å². The van der Waals surface area contributed by atoms with Gasteiger partial charge < -0.3 is 15.0 Å². The maximum absolute atomic E-state index is 11.8. The minimum absolute atomic E-state index is 0.00983. The van der Waals surface area contributed by atoms with Crippen LogP contribution in [0.2, 0.25) is 0 Å². The molecule has 104 valence electrons. The van der Waals surface area contributed by atoms with Gasteiger partial charge in [-0.2, -0.15) is 0 Å². The van der Waals surface area contributed by atoms with Crippen molar-refractivity contribution in [3.05, 3.63) is 23.8 Å². The number of fused-ring (bicyclic) bond motifs is 1. The predicted molar refractivity (Wildman–Crippen MR) is 78.0 cm³/mol. The zero-order valence-electron chi connectivity index (χ0n) is 12.3. The maximum Gasteiger partial charge on any atom is 0.340 e. The topological polar surface area (TPSA) is 41.6 Å². The Balaban J connectivity index is 2.56. The first kappa shape index (κ1) is 13.7. The van der Waals surface area contributed by atoms with Crippen LogP contribution in [0.1, 0.15) is 38.1 Å². The van der Waals surface area contributed by atoms with Gasteiger partial charge in [0.2, 0.25) is 0 Å². The van der Waals surface area contributed by atoms with Crippen molar-refractivity contribution in [1.29, 1.82) is 0 Å². The monoisotopic (exact) mass is 262 g/mol. The predicted octanol–water partition coefficient (Wildman–Crippen LogP) is 2.89. The molecular formula is C15H22N2O2. The van der Waals surface area contributed by atoms with Crippen LogP contribution in [0, 0.1) is 0 Å². The summed E-state index contributed by atoms with van der Waals surface area (Å²) in [5, 5.41) is 3.38. The van der Waals surface area contributed by atoms with Crippen molar-refractivity contribution in [2.75, 3.05) is 23.9 Å². The van der Waals surface area contributed by atoms with Gasteiger partial charge in [-0.1, -0.05) is 6.07 Å². The number of carbonyl (C=O) groups excluding carboxylic acids is 1. The van der Waals surface area contributed by atoms with Gasteiger partial charge in [-0.05, 0) is 39.8 Å². The van der Waals surface area contributed by atoms with E-state index in [-0.39, 0.29) is 11.5 Å². The molecule has 0 saturated heterocycles. The number of rotatable bonds is 2. The molecule has 1 N–H and O–H groups in total. The smallest absolute Gasteiger partial charge is 0.340 e. The summed E-state index contributed by atoms with van der Waals surface area (Å²) in [6.07, 6.45) is 0. The van der Waals surface area contributed by atoms with E-state index in [1.165, 1.54) is 7.11 Å². The van der Waals surface area contributed by atoms with Crippen LogP contribution >= 0.6 is 0 Å². The number of carbonyl (C=O) groups is 1. The summed E-state index contributed by atoms with van der Waals surface area (Å²) in [7, 11) is 1.41. The van der Waals surface area contributed by atoms with Gasteiger partial charge in [-0.15, -0.1) is 0 Å². The molecule has 0 bridgehead atoms. The van der Waals surface area contributed by atoms with Gasteiger partial charge in [-0.3, -0.25) is 0 Å². The highest BCUT2D eigenvalue weighted by Crippen LogP contribution is 2.39. The number of nitrogens with one attached hydrogen (secondary N) is 1. The van der Waals surface area contributed by atoms with Crippen molar-refractivity contribution < 1.29 is 9.53 Å². The molecule has 1 aromatic carbocycles. The summed E-state index contributed by atoms with van der Waals surface area (Å²) in [5.74, 6) is -0.298. The highest BCUT2D eigenvalue weighted by atomic mass is 16.5. The number of nitrogens with zero attached hydrogens (tertiary/aromatic N) is 1. The molecule has 0 aromatic heterocycles. The Bertz CT molecular complexity index is 495. The number of hydrogen-bond donors (Lipinski definition) is 1. The van der Waals surface area contributed by atoms with E-state index in [4.69, 9.17) is 4.74 Å². The van der Waals surface area contributed by atoms with Gasteiger partial charge in [0, 0.05) is 12.6 Å². The molecule has 4 nitrogen and oxygen atoms in total. The van der Waals surface area contributed by atoms with E-state index in [1.807, 2.05) is 6.07 Å². The first-order chi connectivity index (χ1) is 8.88. The fourth-order valence-electron chi connectivity index (χ4n) is 2.90. The molecule has 0 fully saturated rings. The van der Waals surface area contributed by atoms with Gasteiger partial charge in [0.25, 0.3) is 0 Å². The molecule has 0 saturated carbocycles. The van der Waals surface area contributed by atoms with Crippen LogP contribution in [0.5, 0.6) is 0 Å². The summed E-state index contributed by atoms with van der Waals surface area (Å²) >= 11 is 0. The molecule has 0 unspecified atom stereocenters. The second kappa shape index (κ2) is 4.76. The average molecular weight is 262 g/mol. The molecule has 0 amide bonds. The quantitative estimate of drug-likeness (QED) is 0.832. The van der Waals surface area contributed by atoms with Crippen LogP contribution in [-0.2, 0) is 4.74 Å². The molecule has 1 aromatic rings. The third-order valence-electron chi connectivity index (χ3n) is 3.57. The summed E-state index contributed by atoms with van der Waals surface area (Å²) in [5.41, 5.74) is 2.55. The van der Waals surface area contributed by atoms with Crippen molar-refractivity contribution in [2.24, 2.45) is 0 Å². The van der Waals surface area contributed by atoms with E-state index in [9.17, 15) is 4.79 Å². The molecular weight excluding hydrogens is 240 g/mol. The Morgan fingerprint density at radius 3 is 2.68 bits per heavy atom. The van der Waals surface area contributed by atoms with Crippen LogP contribution in [0.4, 0.5) is 11.4 Å². The Labute approximate surface area is 114 Å². The third kappa shape index (κ3) is 2.27. The zero-order chi connectivity index (χ0) is 14.2. The normalized spacial score (nSPS) is 16.8. The lowest BCUT2D eigenvalue weighted by molar-refractivity contribution is 0.0601. The van der Waals surface area contributed by atoms with Crippen LogP contribution < -0.4 is 10.2 Å². The minimum atomic E-state index is -0.298. The van der Waals surface area contributed by atoms with Gasteiger partial charge in [-0.25, -0.2) is 4.79 Å². The number of methoxy groups -OCH3 is 1. The molecule has 0 spiro atoms. The van der Waals surface area contributed by atoms with Crippen LogP contribution in [0.3, 0.4) is 0 Å². The Hall–Kier alpha value is -1.71. The second-order valence-corrected chi connectivity index (χ2v) is 5.82. The average Bonchev–Trinajstić information content (AvgIpc) is 2.35. The van der Waals surface area contributed by atoms with Gasteiger partial charge in [0.05, 0.1) is 29.6 Å². The fourth-order valence-corrected chi connectivity index (χ4v) is 2.90. The molecule has 0 radical (unpaired) electrons. The lowest BCUT2D eigenvalue weighted by Crippen LogP contribution is -2.55. The number of benzene rings is 1. The van der Waals surface area contributed by atoms with E-state index in [2.05, 4.69) is 44.0 Å². The molecule has 0 atom stereocenters. The van der Waals surface area contributed by atoms with Gasteiger partial charge in [0.1, 0.15) is 0 Å². The minimum Gasteiger partial charge on any atom is -0.465 e. The van der Waals surface area contributed by atoms with Crippen molar-refractivity contribution in [3.8, 4) is 0 Å². The Morgan fingerprint density at radius 1 is 1.42 bits per heavy atom. The molecule has 1 aliphatic rings. The summed E-state index contributed by atoms with van der Waals surface area (Å²) < 4.78 is 4.85. The highest BCUT2D eigenvalue weighted by molar-refractivity contribution is 6.00. The molecule has 0 aliphatic carbocycles. The largest absolute Gasteiger partial charge is 0.465 e. The van der Waals surface area contributed by atoms with E-state index >= 15 is 0 Å². The van der Waals surface area contributed by atoms with E-state index in [0.29, 0.717) is 11.6 Å². The second-order valence-electron chi connectivity index (χ2n) is 5.82. The molecule has 19 heavy (non-hydrogen) atoms. The number of para-hydroxylation sites is 1. The zero-order valence-corrected chi connectivity index (χ0v) is 12.3. The summed E-state index contributed by atoms with van der Waals surface area (Å²) in [4.78, 5) is 14.2. The molecule has 1 aliphatic heterocycles. The van der Waals surface area contributed by atoms with Crippen molar-refractivity contribution in [1.82, 2.24) is 0 Å². The van der Waals surface area contributed by atoms with E-state index < -0.39 is 0 Å². The first-order valence-corrected chi connectivity index (χ1v) is 6.63. The number of ether oxygens (including phenoxy) is 1. The third-order valence-corrected chi connectivity index (χ3v) is 3.57. The maximum atomic E-state index is 11.8. The van der Waals surface area contributed by atoms with E-state index in [0.717, 1.165) is 17.9 Å². The lowest BCUT2D eigenvalue weighted by Gasteiger charge is -2.48.